The van der Waals surface area contributed by atoms with Gasteiger partial charge >= 0.3 is 5.97 Å². The van der Waals surface area contributed by atoms with Crippen LogP contribution in [0, 0.1) is 6.92 Å². The third kappa shape index (κ3) is 2.71. The molecule has 2 rings (SSSR count). The van der Waals surface area contributed by atoms with Gasteiger partial charge in [-0.2, -0.15) is 0 Å². The summed E-state index contributed by atoms with van der Waals surface area (Å²) in [5.41, 5.74) is 2.05. The van der Waals surface area contributed by atoms with E-state index in [1.807, 2.05) is 25.1 Å². The van der Waals surface area contributed by atoms with Crippen molar-refractivity contribution in [2.24, 2.45) is 0 Å². The number of hydrogen-bond acceptors (Lipinski definition) is 4. The first-order valence-corrected chi connectivity index (χ1v) is 6.22. The highest BCUT2D eigenvalue weighted by atomic mass is 32.1. The van der Waals surface area contributed by atoms with Crippen molar-refractivity contribution in [2.75, 3.05) is 6.61 Å². The summed E-state index contributed by atoms with van der Waals surface area (Å²) in [5, 5.41) is 0. The Balaban J connectivity index is 2.27. The lowest BCUT2D eigenvalue weighted by Crippen LogP contribution is -2.01. The predicted molar refractivity (Wildman–Crippen MR) is 68.2 cm³/mol. The van der Waals surface area contributed by atoms with E-state index in [2.05, 4.69) is 4.98 Å². The smallest absolute Gasteiger partial charge is 0.348 e. The van der Waals surface area contributed by atoms with Crippen LogP contribution in [-0.4, -0.2) is 17.6 Å². The van der Waals surface area contributed by atoms with E-state index < -0.39 is 0 Å². The standard InChI is InChI=1S/C13H13NO2S/c1-3-16-13(15)12-5-4-11(17-12)10-6-7-14-9(2)8-10/h4-8H,3H2,1-2H3. The van der Waals surface area contributed by atoms with Gasteiger partial charge in [0.2, 0.25) is 0 Å². The van der Waals surface area contributed by atoms with Gasteiger partial charge in [-0.15, -0.1) is 11.3 Å². The highest BCUT2D eigenvalue weighted by Gasteiger charge is 2.10. The molecule has 0 bridgehead atoms. The van der Waals surface area contributed by atoms with Crippen molar-refractivity contribution in [3.05, 3.63) is 41.0 Å². The number of ether oxygens (including phenoxy) is 1. The second-order valence-electron chi connectivity index (χ2n) is 3.57. The van der Waals surface area contributed by atoms with Gasteiger partial charge in [-0.3, -0.25) is 4.98 Å². The molecule has 0 aliphatic rings. The molecule has 2 aromatic heterocycles. The van der Waals surface area contributed by atoms with Gasteiger partial charge in [0.1, 0.15) is 4.88 Å². The molecule has 0 fully saturated rings. The molecule has 17 heavy (non-hydrogen) atoms. The maximum atomic E-state index is 11.5. The maximum absolute atomic E-state index is 11.5. The monoisotopic (exact) mass is 247 g/mol. The van der Waals surface area contributed by atoms with Crippen molar-refractivity contribution in [1.82, 2.24) is 4.98 Å². The van der Waals surface area contributed by atoms with Gasteiger partial charge < -0.3 is 4.74 Å². The molecule has 4 heteroatoms. The fraction of sp³-hybridized carbons (Fsp3) is 0.231. The molecule has 0 aliphatic carbocycles. The molecule has 0 amide bonds. The van der Waals surface area contributed by atoms with E-state index >= 15 is 0 Å². The van der Waals surface area contributed by atoms with Crippen molar-refractivity contribution in [3.63, 3.8) is 0 Å². The Hall–Kier alpha value is -1.68. The van der Waals surface area contributed by atoms with Crippen LogP contribution in [0.3, 0.4) is 0 Å². The summed E-state index contributed by atoms with van der Waals surface area (Å²) in [5.74, 6) is -0.255. The number of nitrogens with zero attached hydrogens (tertiary/aromatic N) is 1. The van der Waals surface area contributed by atoms with Gasteiger partial charge in [0.05, 0.1) is 6.61 Å². The minimum absolute atomic E-state index is 0.255. The summed E-state index contributed by atoms with van der Waals surface area (Å²) in [6, 6.07) is 7.67. The summed E-state index contributed by atoms with van der Waals surface area (Å²) >= 11 is 1.44. The van der Waals surface area contributed by atoms with E-state index in [-0.39, 0.29) is 5.97 Å². The zero-order valence-corrected chi connectivity index (χ0v) is 10.6. The van der Waals surface area contributed by atoms with Gasteiger partial charge in [0, 0.05) is 16.8 Å². The van der Waals surface area contributed by atoms with E-state index in [4.69, 9.17) is 4.74 Å². The number of aromatic nitrogens is 1. The Kier molecular flexibility index (Phi) is 3.54. The van der Waals surface area contributed by atoms with E-state index in [1.54, 1.807) is 19.2 Å². The summed E-state index contributed by atoms with van der Waals surface area (Å²) in [4.78, 5) is 17.4. The molecule has 0 N–H and O–H groups in total. The number of thiophene rings is 1. The molecule has 0 aliphatic heterocycles. The van der Waals surface area contributed by atoms with Crippen molar-refractivity contribution in [2.45, 2.75) is 13.8 Å². The van der Waals surface area contributed by atoms with Crippen molar-refractivity contribution in [1.29, 1.82) is 0 Å². The van der Waals surface area contributed by atoms with Crippen molar-refractivity contribution >= 4 is 17.3 Å². The van der Waals surface area contributed by atoms with E-state index in [0.717, 1.165) is 16.1 Å². The molecule has 0 radical (unpaired) electrons. The summed E-state index contributed by atoms with van der Waals surface area (Å²) in [6.45, 7) is 4.16. The molecule has 0 saturated heterocycles. The van der Waals surface area contributed by atoms with Crippen LogP contribution in [0.1, 0.15) is 22.3 Å². The van der Waals surface area contributed by atoms with Gasteiger partial charge in [-0.05, 0) is 43.7 Å². The highest BCUT2D eigenvalue weighted by Crippen LogP contribution is 2.28. The first-order chi connectivity index (χ1) is 8.20. The largest absolute Gasteiger partial charge is 0.462 e. The van der Waals surface area contributed by atoms with E-state index in [9.17, 15) is 4.79 Å². The van der Waals surface area contributed by atoms with Crippen molar-refractivity contribution in [3.8, 4) is 10.4 Å². The molecule has 0 unspecified atom stereocenters. The summed E-state index contributed by atoms with van der Waals surface area (Å²) in [7, 11) is 0. The number of carbonyl (C=O) groups is 1. The molecular formula is C13H13NO2S. The molecular weight excluding hydrogens is 234 g/mol. The summed E-state index contributed by atoms with van der Waals surface area (Å²) < 4.78 is 4.96. The van der Waals surface area contributed by atoms with E-state index in [0.29, 0.717) is 11.5 Å². The molecule has 3 nitrogen and oxygen atoms in total. The quantitative estimate of drug-likeness (QED) is 0.781. The number of hydrogen-bond donors (Lipinski definition) is 0. The third-order valence-corrected chi connectivity index (χ3v) is 3.38. The first-order valence-electron chi connectivity index (χ1n) is 5.40. The zero-order chi connectivity index (χ0) is 12.3. The molecule has 2 aromatic rings. The second kappa shape index (κ2) is 5.10. The van der Waals surface area contributed by atoms with Crippen molar-refractivity contribution < 1.29 is 9.53 Å². The molecule has 2 heterocycles. The summed E-state index contributed by atoms with van der Waals surface area (Å²) in [6.07, 6.45) is 1.77. The maximum Gasteiger partial charge on any atom is 0.348 e. The van der Waals surface area contributed by atoms with Crippen LogP contribution in [0.25, 0.3) is 10.4 Å². The van der Waals surface area contributed by atoms with E-state index in [1.165, 1.54) is 11.3 Å². The lowest BCUT2D eigenvalue weighted by molar-refractivity contribution is 0.0532. The molecule has 0 aromatic carbocycles. The van der Waals surface area contributed by atoms with Gasteiger partial charge in [0.15, 0.2) is 0 Å². The Bertz CT molecular complexity index is 534. The Morgan fingerprint density at radius 3 is 2.94 bits per heavy atom. The molecule has 88 valence electrons. The predicted octanol–water partition coefficient (Wildman–Crippen LogP) is 3.30. The minimum Gasteiger partial charge on any atom is -0.462 e. The number of esters is 1. The van der Waals surface area contributed by atoms with Crippen LogP contribution in [0.4, 0.5) is 0 Å². The van der Waals surface area contributed by atoms with Crippen LogP contribution in [0.15, 0.2) is 30.5 Å². The van der Waals surface area contributed by atoms with Crippen LogP contribution in [0.5, 0.6) is 0 Å². The highest BCUT2D eigenvalue weighted by molar-refractivity contribution is 7.17. The number of carbonyl (C=O) groups excluding carboxylic acids is 1. The fourth-order valence-electron chi connectivity index (χ4n) is 1.50. The SMILES string of the molecule is CCOC(=O)c1ccc(-c2ccnc(C)c2)s1. The third-order valence-electron chi connectivity index (χ3n) is 2.26. The average Bonchev–Trinajstić information content (AvgIpc) is 2.78. The minimum atomic E-state index is -0.255. The number of rotatable bonds is 3. The number of pyridine rings is 1. The fourth-order valence-corrected chi connectivity index (χ4v) is 2.40. The van der Waals surface area contributed by atoms with Crippen LogP contribution < -0.4 is 0 Å². The molecule has 0 saturated carbocycles. The Labute approximate surface area is 104 Å². The zero-order valence-electron chi connectivity index (χ0n) is 9.77. The molecule has 0 spiro atoms. The topological polar surface area (TPSA) is 39.2 Å². The Morgan fingerprint density at radius 2 is 2.24 bits per heavy atom. The normalized spacial score (nSPS) is 10.2. The van der Waals surface area contributed by atoms with Crippen LogP contribution in [-0.2, 0) is 4.74 Å². The van der Waals surface area contributed by atoms with Crippen LogP contribution >= 0.6 is 11.3 Å². The van der Waals surface area contributed by atoms with Gasteiger partial charge in [-0.25, -0.2) is 4.79 Å². The lowest BCUT2D eigenvalue weighted by atomic mass is 10.2. The van der Waals surface area contributed by atoms with Crippen LogP contribution in [0.2, 0.25) is 0 Å². The lowest BCUT2D eigenvalue weighted by Gasteiger charge is -1.98. The Morgan fingerprint density at radius 1 is 1.41 bits per heavy atom. The van der Waals surface area contributed by atoms with Gasteiger partial charge in [0.25, 0.3) is 0 Å². The second-order valence-corrected chi connectivity index (χ2v) is 4.65. The first kappa shape index (κ1) is 11.8. The molecule has 0 atom stereocenters. The number of aryl methyl sites for hydroxylation is 1. The average molecular weight is 247 g/mol. The van der Waals surface area contributed by atoms with Gasteiger partial charge in [-0.1, -0.05) is 0 Å².